The Morgan fingerprint density at radius 1 is 1.30 bits per heavy atom. The van der Waals surface area contributed by atoms with E-state index in [-0.39, 0.29) is 12.1 Å². The Bertz CT molecular complexity index is 640. The number of rotatable bonds is 2. The van der Waals surface area contributed by atoms with Crippen molar-refractivity contribution >= 4 is 15.9 Å². The Balaban J connectivity index is 1.98. The number of ether oxygens (including phenoxy) is 1. The molecule has 2 aliphatic rings. The Labute approximate surface area is 118 Å². The van der Waals surface area contributed by atoms with E-state index >= 15 is 0 Å². The third-order valence-electron chi connectivity index (χ3n) is 4.09. The van der Waals surface area contributed by atoms with Crippen molar-refractivity contribution in [2.75, 3.05) is 19.4 Å². The average molecular weight is 295 g/mol. The highest BCUT2D eigenvalue weighted by Gasteiger charge is 2.39. The number of carbonyl (C=O) groups is 1. The molecule has 1 fully saturated rings. The van der Waals surface area contributed by atoms with Gasteiger partial charge in [0.05, 0.1) is 11.8 Å². The van der Waals surface area contributed by atoms with Crippen molar-refractivity contribution in [3.05, 3.63) is 35.4 Å². The summed E-state index contributed by atoms with van der Waals surface area (Å²) in [7, 11) is -3.20. The van der Waals surface area contributed by atoms with Crippen LogP contribution < -0.4 is 0 Å². The van der Waals surface area contributed by atoms with Crippen LogP contribution >= 0.6 is 0 Å². The fourth-order valence-electron chi connectivity index (χ4n) is 3.13. The molecule has 0 saturated carbocycles. The van der Waals surface area contributed by atoms with Crippen molar-refractivity contribution < 1.29 is 17.9 Å². The van der Waals surface area contributed by atoms with Crippen LogP contribution in [0.15, 0.2) is 24.3 Å². The first-order valence-corrected chi connectivity index (χ1v) is 8.62. The van der Waals surface area contributed by atoms with Gasteiger partial charge < -0.3 is 9.64 Å². The summed E-state index contributed by atoms with van der Waals surface area (Å²) in [6, 6.07) is 7.49. The molecular weight excluding hydrogens is 278 g/mol. The molecule has 1 aromatic carbocycles. The van der Waals surface area contributed by atoms with Crippen LogP contribution in [0.5, 0.6) is 0 Å². The summed E-state index contributed by atoms with van der Waals surface area (Å²) in [5.74, 6) is 0. The fraction of sp³-hybridized carbons (Fsp3) is 0.500. The molecule has 0 spiro atoms. The highest BCUT2D eigenvalue weighted by molar-refractivity contribution is 7.90. The number of amides is 1. The summed E-state index contributed by atoms with van der Waals surface area (Å²) >= 11 is 0. The van der Waals surface area contributed by atoms with Crippen LogP contribution in [0.1, 0.15) is 22.8 Å². The number of cyclic esters (lactones) is 1. The minimum Gasteiger partial charge on any atom is -0.448 e. The lowest BCUT2D eigenvalue weighted by molar-refractivity contribution is 0.144. The predicted molar refractivity (Wildman–Crippen MR) is 74.2 cm³/mol. The van der Waals surface area contributed by atoms with E-state index in [0.717, 1.165) is 11.1 Å². The lowest BCUT2D eigenvalue weighted by Gasteiger charge is -2.34. The maximum Gasteiger partial charge on any atom is 0.410 e. The third-order valence-corrected chi connectivity index (χ3v) is 5.57. The summed E-state index contributed by atoms with van der Waals surface area (Å²) in [5, 5.41) is -0.536. The third kappa shape index (κ3) is 2.28. The summed E-state index contributed by atoms with van der Waals surface area (Å²) in [6.45, 7) is 0.933. The minimum atomic E-state index is -3.20. The van der Waals surface area contributed by atoms with Crippen LogP contribution in [-0.2, 0) is 21.0 Å². The van der Waals surface area contributed by atoms with Crippen molar-refractivity contribution in [3.8, 4) is 0 Å². The van der Waals surface area contributed by atoms with Gasteiger partial charge in [-0.3, -0.25) is 0 Å². The molecule has 1 aliphatic heterocycles. The molecule has 0 bridgehead atoms. The van der Waals surface area contributed by atoms with Crippen molar-refractivity contribution in [3.63, 3.8) is 0 Å². The van der Waals surface area contributed by atoms with Gasteiger partial charge in [0.25, 0.3) is 0 Å². The van der Waals surface area contributed by atoms with Gasteiger partial charge in [-0.25, -0.2) is 13.2 Å². The Hall–Kier alpha value is -1.56. The van der Waals surface area contributed by atoms with Gasteiger partial charge in [0, 0.05) is 12.3 Å². The zero-order valence-corrected chi connectivity index (χ0v) is 12.1. The zero-order chi connectivity index (χ0) is 14.3. The normalized spacial score (nSPS) is 26.2. The predicted octanol–water partition coefficient (Wildman–Crippen LogP) is 1.54. The summed E-state index contributed by atoms with van der Waals surface area (Å²) in [4.78, 5) is 13.4. The largest absolute Gasteiger partial charge is 0.448 e. The zero-order valence-electron chi connectivity index (χ0n) is 11.3. The first-order valence-electron chi connectivity index (χ1n) is 6.67. The number of hydrogen-bond acceptors (Lipinski definition) is 4. The number of sulfone groups is 1. The van der Waals surface area contributed by atoms with E-state index < -0.39 is 15.1 Å². The molecule has 1 amide bonds. The van der Waals surface area contributed by atoms with Gasteiger partial charge >= 0.3 is 6.09 Å². The number of carbonyl (C=O) groups excluding carboxylic acids is 1. The summed E-state index contributed by atoms with van der Waals surface area (Å²) < 4.78 is 29.1. The summed E-state index contributed by atoms with van der Waals surface area (Å²) in [6.07, 6.45) is 2.07. The van der Waals surface area contributed by atoms with Crippen LogP contribution in [-0.4, -0.2) is 44.9 Å². The SMILES string of the molecule is CS(=O)(=O)C1C[C@H](N2CCOC2=O)Cc2ccccc21. The first-order chi connectivity index (χ1) is 9.47. The topological polar surface area (TPSA) is 63.7 Å². The molecular formula is C14H17NO4S. The van der Waals surface area contributed by atoms with Crippen LogP contribution in [0.25, 0.3) is 0 Å². The molecule has 0 radical (unpaired) electrons. The lowest BCUT2D eigenvalue weighted by atomic mass is 9.87. The smallest absolute Gasteiger partial charge is 0.410 e. The molecule has 1 aromatic rings. The van der Waals surface area contributed by atoms with Gasteiger partial charge in [0.15, 0.2) is 9.84 Å². The number of fused-ring (bicyclic) bond motifs is 1. The van der Waals surface area contributed by atoms with Gasteiger partial charge in [-0.1, -0.05) is 24.3 Å². The molecule has 3 rings (SSSR count). The second-order valence-corrected chi connectivity index (χ2v) is 7.65. The van der Waals surface area contributed by atoms with Crippen molar-refractivity contribution in [1.29, 1.82) is 0 Å². The number of hydrogen-bond donors (Lipinski definition) is 0. The number of benzene rings is 1. The molecule has 0 aromatic heterocycles. The van der Waals surface area contributed by atoms with E-state index in [0.29, 0.717) is 26.0 Å². The lowest BCUT2D eigenvalue weighted by Crippen LogP contribution is -2.42. The molecule has 6 heteroatoms. The number of nitrogens with zero attached hydrogens (tertiary/aromatic N) is 1. The molecule has 1 saturated heterocycles. The Kier molecular flexibility index (Phi) is 3.20. The fourth-order valence-corrected chi connectivity index (χ4v) is 4.39. The van der Waals surface area contributed by atoms with E-state index in [1.54, 1.807) is 4.90 Å². The summed E-state index contributed by atoms with van der Waals surface area (Å²) in [5.41, 5.74) is 1.89. The minimum absolute atomic E-state index is 0.0976. The molecule has 2 atom stereocenters. The van der Waals surface area contributed by atoms with Crippen LogP contribution in [0, 0.1) is 0 Å². The Morgan fingerprint density at radius 2 is 2.05 bits per heavy atom. The Morgan fingerprint density at radius 3 is 2.70 bits per heavy atom. The highest BCUT2D eigenvalue weighted by Crippen LogP contribution is 2.37. The maximum absolute atomic E-state index is 12.1. The molecule has 1 unspecified atom stereocenters. The molecule has 1 heterocycles. The van der Waals surface area contributed by atoms with Crippen LogP contribution in [0.3, 0.4) is 0 Å². The van der Waals surface area contributed by atoms with E-state index in [4.69, 9.17) is 4.74 Å². The molecule has 108 valence electrons. The molecule has 1 aliphatic carbocycles. The second-order valence-electron chi connectivity index (χ2n) is 5.42. The first kappa shape index (κ1) is 13.4. The van der Waals surface area contributed by atoms with Gasteiger partial charge in [-0.05, 0) is 24.0 Å². The van der Waals surface area contributed by atoms with Crippen LogP contribution in [0.4, 0.5) is 4.79 Å². The maximum atomic E-state index is 12.1. The van der Waals surface area contributed by atoms with Crippen molar-refractivity contribution in [2.45, 2.75) is 24.1 Å². The van der Waals surface area contributed by atoms with Gasteiger partial charge in [0.2, 0.25) is 0 Å². The van der Waals surface area contributed by atoms with Crippen molar-refractivity contribution in [2.24, 2.45) is 0 Å². The van der Waals surface area contributed by atoms with Crippen molar-refractivity contribution in [1.82, 2.24) is 4.90 Å². The van der Waals surface area contributed by atoms with Gasteiger partial charge in [-0.15, -0.1) is 0 Å². The molecule has 20 heavy (non-hydrogen) atoms. The van der Waals surface area contributed by atoms with Crippen LogP contribution in [0.2, 0.25) is 0 Å². The molecule has 0 N–H and O–H groups in total. The highest BCUT2D eigenvalue weighted by atomic mass is 32.2. The standard InChI is InChI=1S/C14H17NO4S/c1-20(17,18)13-9-11(15-6-7-19-14(15)16)8-10-4-2-3-5-12(10)13/h2-5,11,13H,6-9H2,1H3/t11-,13?/m1/s1. The van der Waals surface area contributed by atoms with Gasteiger partial charge in [-0.2, -0.15) is 0 Å². The monoisotopic (exact) mass is 295 g/mol. The van der Waals surface area contributed by atoms with E-state index in [1.807, 2.05) is 24.3 Å². The quantitative estimate of drug-likeness (QED) is 0.830. The van der Waals surface area contributed by atoms with E-state index in [2.05, 4.69) is 0 Å². The molecule has 5 nitrogen and oxygen atoms in total. The average Bonchev–Trinajstić information content (AvgIpc) is 2.82. The second kappa shape index (κ2) is 4.77. The van der Waals surface area contributed by atoms with E-state index in [9.17, 15) is 13.2 Å². The van der Waals surface area contributed by atoms with E-state index in [1.165, 1.54) is 6.26 Å². The van der Waals surface area contributed by atoms with Gasteiger partial charge in [0.1, 0.15) is 6.61 Å².